The van der Waals surface area contributed by atoms with Crippen molar-refractivity contribution in [2.45, 2.75) is 59.3 Å². The van der Waals surface area contributed by atoms with Crippen LogP contribution in [0, 0.1) is 0 Å². The molecule has 36 heavy (non-hydrogen) atoms. The molecule has 0 aliphatic carbocycles. The predicted molar refractivity (Wildman–Crippen MR) is 149 cm³/mol. The van der Waals surface area contributed by atoms with E-state index in [9.17, 15) is 4.79 Å². The maximum absolute atomic E-state index is 11.3. The number of hydrogen-bond acceptors (Lipinski definition) is 4. The number of aromatic nitrogens is 3. The molecule has 0 aliphatic rings. The first-order valence-corrected chi connectivity index (χ1v) is 13.0. The molecule has 2 aromatic heterocycles. The fourth-order valence-corrected chi connectivity index (χ4v) is 4.69. The number of hydrogen-bond donors (Lipinski definition) is 1. The highest BCUT2D eigenvalue weighted by Crippen LogP contribution is 2.33. The third-order valence-corrected chi connectivity index (χ3v) is 6.82. The first kappa shape index (κ1) is 25.4. The molecule has 188 valence electrons. The zero-order chi connectivity index (χ0) is 25.7. The quantitative estimate of drug-likeness (QED) is 0.267. The van der Waals surface area contributed by atoms with E-state index in [2.05, 4.69) is 80.4 Å². The Morgan fingerprint density at radius 1 is 0.944 bits per heavy atom. The first-order valence-electron chi connectivity index (χ1n) is 13.0. The molecule has 2 atom stereocenters. The predicted octanol–water partition coefficient (Wildman–Crippen LogP) is 6.89. The van der Waals surface area contributed by atoms with Crippen molar-refractivity contribution in [2.75, 3.05) is 23.3 Å². The third-order valence-electron chi connectivity index (χ3n) is 6.82. The Kier molecular flexibility index (Phi) is 8.04. The third kappa shape index (κ3) is 5.59. The number of benzene rings is 2. The van der Waals surface area contributed by atoms with Gasteiger partial charge in [0.05, 0.1) is 0 Å². The number of carbonyl (C=O) groups excluding carboxylic acids is 1. The maximum atomic E-state index is 11.3. The summed E-state index contributed by atoms with van der Waals surface area (Å²) >= 11 is 0. The minimum absolute atomic E-state index is 0.0669. The number of fused-ring (bicyclic) bond motifs is 1. The number of nitrogens with zero attached hydrogens (tertiary/aromatic N) is 4. The Labute approximate surface area is 214 Å². The monoisotopic (exact) mass is 483 g/mol. The average Bonchev–Trinajstić information content (AvgIpc) is 3.32. The Bertz CT molecular complexity index is 1290. The molecule has 4 aromatic rings. The lowest BCUT2D eigenvalue weighted by Crippen LogP contribution is -2.24. The second-order valence-electron chi connectivity index (χ2n) is 9.57. The molecular weight excluding hydrogens is 446 g/mol. The largest absolute Gasteiger partial charge is 0.372 e. The van der Waals surface area contributed by atoms with Crippen LogP contribution in [0.4, 0.5) is 11.4 Å². The highest BCUT2D eigenvalue weighted by molar-refractivity contribution is 5.88. The molecule has 0 spiro atoms. The standard InChI is InChI=1S/C30H37N5O/c1-6-18-34(19-7-2)27-16-12-25(13-17-27)28-9-8-20-35-30(28)32-29(33-35)22(4)21(3)24-10-14-26(15-11-24)31-23(5)36/h8-17,20-22H,6-7,18-19H2,1-5H3,(H,31,36). The van der Waals surface area contributed by atoms with Gasteiger partial charge in [-0.25, -0.2) is 9.50 Å². The molecule has 0 bridgehead atoms. The molecular formula is C30H37N5O. The Morgan fingerprint density at radius 3 is 2.22 bits per heavy atom. The van der Waals surface area contributed by atoms with Crippen LogP contribution in [0.2, 0.25) is 0 Å². The lowest BCUT2D eigenvalue weighted by molar-refractivity contribution is -0.114. The lowest BCUT2D eigenvalue weighted by atomic mass is 9.88. The molecule has 0 fully saturated rings. The van der Waals surface area contributed by atoms with E-state index in [4.69, 9.17) is 10.1 Å². The van der Waals surface area contributed by atoms with E-state index < -0.39 is 0 Å². The van der Waals surface area contributed by atoms with E-state index in [0.717, 1.165) is 54.2 Å². The second kappa shape index (κ2) is 11.4. The maximum Gasteiger partial charge on any atom is 0.221 e. The van der Waals surface area contributed by atoms with Crippen LogP contribution < -0.4 is 10.2 Å². The first-order chi connectivity index (χ1) is 17.4. The second-order valence-corrected chi connectivity index (χ2v) is 9.57. The van der Waals surface area contributed by atoms with Crippen molar-refractivity contribution in [3.63, 3.8) is 0 Å². The van der Waals surface area contributed by atoms with E-state index in [0.29, 0.717) is 0 Å². The highest BCUT2D eigenvalue weighted by Gasteiger charge is 2.22. The van der Waals surface area contributed by atoms with Gasteiger partial charge in [0, 0.05) is 49.1 Å². The van der Waals surface area contributed by atoms with Crippen molar-refractivity contribution >= 4 is 22.9 Å². The van der Waals surface area contributed by atoms with Crippen LogP contribution in [0.3, 0.4) is 0 Å². The molecule has 1 N–H and O–H groups in total. The number of anilines is 2. The van der Waals surface area contributed by atoms with Gasteiger partial charge in [-0.15, -0.1) is 0 Å². The summed E-state index contributed by atoms with van der Waals surface area (Å²) < 4.78 is 1.89. The fourth-order valence-electron chi connectivity index (χ4n) is 4.69. The van der Waals surface area contributed by atoms with Gasteiger partial charge < -0.3 is 10.2 Å². The van der Waals surface area contributed by atoms with Crippen molar-refractivity contribution in [3.05, 3.63) is 78.2 Å². The summed E-state index contributed by atoms with van der Waals surface area (Å²) in [7, 11) is 0. The molecule has 4 rings (SSSR count). The van der Waals surface area contributed by atoms with Crippen molar-refractivity contribution in [3.8, 4) is 11.1 Å². The van der Waals surface area contributed by atoms with Crippen LogP contribution in [-0.4, -0.2) is 33.6 Å². The number of rotatable bonds is 10. The molecule has 0 saturated carbocycles. The van der Waals surface area contributed by atoms with E-state index >= 15 is 0 Å². The average molecular weight is 484 g/mol. The topological polar surface area (TPSA) is 62.5 Å². The summed E-state index contributed by atoms with van der Waals surface area (Å²) in [5.74, 6) is 1.11. The van der Waals surface area contributed by atoms with Gasteiger partial charge in [-0.05, 0) is 66.3 Å². The van der Waals surface area contributed by atoms with Gasteiger partial charge >= 0.3 is 0 Å². The van der Waals surface area contributed by atoms with Gasteiger partial charge in [0.2, 0.25) is 5.91 Å². The van der Waals surface area contributed by atoms with Gasteiger partial charge in [0.1, 0.15) is 0 Å². The zero-order valence-electron chi connectivity index (χ0n) is 22.0. The van der Waals surface area contributed by atoms with Crippen molar-refractivity contribution < 1.29 is 4.79 Å². The Morgan fingerprint density at radius 2 is 1.61 bits per heavy atom. The normalized spacial score (nSPS) is 12.9. The molecule has 2 unspecified atom stereocenters. The number of nitrogens with one attached hydrogen (secondary N) is 1. The SMILES string of the molecule is CCCN(CCC)c1ccc(-c2cccn3nc(C(C)C(C)c4ccc(NC(C)=O)cc4)nc23)cc1. The molecule has 0 radical (unpaired) electrons. The summed E-state index contributed by atoms with van der Waals surface area (Å²) in [5.41, 5.74) is 6.36. The Hall–Kier alpha value is -3.67. The summed E-state index contributed by atoms with van der Waals surface area (Å²) in [4.78, 5) is 18.8. The van der Waals surface area contributed by atoms with Crippen LogP contribution in [0.25, 0.3) is 16.8 Å². The number of carbonyl (C=O) groups is 1. The van der Waals surface area contributed by atoms with Gasteiger partial charge in [-0.1, -0.05) is 52.0 Å². The summed E-state index contributed by atoms with van der Waals surface area (Å²) in [6.07, 6.45) is 4.24. The van der Waals surface area contributed by atoms with Crippen LogP contribution in [0.5, 0.6) is 0 Å². The molecule has 6 heteroatoms. The lowest BCUT2D eigenvalue weighted by Gasteiger charge is -2.24. The van der Waals surface area contributed by atoms with Gasteiger partial charge in [0.25, 0.3) is 0 Å². The Balaban J connectivity index is 1.58. The van der Waals surface area contributed by atoms with Crippen molar-refractivity contribution in [1.29, 1.82) is 0 Å². The highest BCUT2D eigenvalue weighted by atomic mass is 16.1. The number of amides is 1. The minimum atomic E-state index is -0.0669. The van der Waals surface area contributed by atoms with Crippen LogP contribution in [-0.2, 0) is 4.79 Å². The van der Waals surface area contributed by atoms with Crippen LogP contribution >= 0.6 is 0 Å². The summed E-state index contributed by atoms with van der Waals surface area (Å²) in [5, 5.41) is 7.66. The van der Waals surface area contributed by atoms with Crippen molar-refractivity contribution in [2.24, 2.45) is 0 Å². The van der Waals surface area contributed by atoms with Gasteiger partial charge in [-0.2, -0.15) is 5.10 Å². The number of pyridine rings is 1. The fraction of sp³-hybridized carbons (Fsp3) is 0.367. The molecule has 2 aromatic carbocycles. The zero-order valence-corrected chi connectivity index (χ0v) is 22.0. The van der Waals surface area contributed by atoms with Gasteiger partial charge in [-0.3, -0.25) is 4.79 Å². The molecule has 6 nitrogen and oxygen atoms in total. The van der Waals surface area contributed by atoms with E-state index in [-0.39, 0.29) is 17.7 Å². The van der Waals surface area contributed by atoms with E-state index in [1.165, 1.54) is 18.2 Å². The molecule has 2 heterocycles. The van der Waals surface area contributed by atoms with E-state index in [1.807, 2.05) is 28.9 Å². The van der Waals surface area contributed by atoms with E-state index in [1.54, 1.807) is 0 Å². The summed E-state index contributed by atoms with van der Waals surface area (Å²) in [6.45, 7) is 12.5. The summed E-state index contributed by atoms with van der Waals surface area (Å²) in [6, 6.07) is 21.0. The smallest absolute Gasteiger partial charge is 0.221 e. The van der Waals surface area contributed by atoms with Gasteiger partial charge in [0.15, 0.2) is 11.5 Å². The van der Waals surface area contributed by atoms with Crippen molar-refractivity contribution in [1.82, 2.24) is 14.6 Å². The molecule has 0 saturated heterocycles. The van der Waals surface area contributed by atoms with Crippen LogP contribution in [0.15, 0.2) is 66.9 Å². The van der Waals surface area contributed by atoms with Crippen LogP contribution in [0.1, 0.15) is 70.7 Å². The minimum Gasteiger partial charge on any atom is -0.372 e. The molecule has 0 aliphatic heterocycles. The molecule has 1 amide bonds.